The van der Waals surface area contributed by atoms with E-state index >= 15 is 0 Å². The standard InChI is InChI=1S/C19H29N3O2/c1-20(2)15-17(16-9-5-4-6-10-16)21(3)18(23)11-7-13-22-14-8-12-19(22)24/h4-6,9-10,17H,7-8,11-15H2,1-3H3/t17-/m0/s1. The smallest absolute Gasteiger partial charge is 0.222 e. The molecule has 132 valence electrons. The van der Waals surface area contributed by atoms with Gasteiger partial charge in [-0.1, -0.05) is 30.3 Å². The number of amides is 2. The summed E-state index contributed by atoms with van der Waals surface area (Å²) in [4.78, 5) is 30.0. The zero-order valence-electron chi connectivity index (χ0n) is 15.1. The number of hydrogen-bond donors (Lipinski definition) is 0. The van der Waals surface area contributed by atoms with Crippen LogP contribution < -0.4 is 0 Å². The van der Waals surface area contributed by atoms with Crippen LogP contribution >= 0.6 is 0 Å². The summed E-state index contributed by atoms with van der Waals surface area (Å²) in [5, 5.41) is 0. The summed E-state index contributed by atoms with van der Waals surface area (Å²) in [6.07, 6.45) is 2.83. The molecular formula is C19H29N3O2. The molecule has 0 aliphatic carbocycles. The first-order valence-corrected chi connectivity index (χ1v) is 8.72. The molecule has 1 fully saturated rings. The third kappa shape index (κ3) is 5.06. The van der Waals surface area contributed by atoms with E-state index in [1.165, 1.54) is 0 Å². The molecule has 0 saturated carbocycles. The van der Waals surface area contributed by atoms with E-state index < -0.39 is 0 Å². The van der Waals surface area contributed by atoms with Gasteiger partial charge in [0.25, 0.3) is 0 Å². The second-order valence-electron chi connectivity index (χ2n) is 6.78. The molecule has 1 atom stereocenters. The summed E-state index contributed by atoms with van der Waals surface area (Å²) in [5.41, 5.74) is 1.15. The Kier molecular flexibility index (Phi) is 6.79. The van der Waals surface area contributed by atoms with Crippen LogP contribution in [0.5, 0.6) is 0 Å². The van der Waals surface area contributed by atoms with Crippen LogP contribution in [0.1, 0.15) is 37.3 Å². The molecule has 2 rings (SSSR count). The summed E-state index contributed by atoms with van der Waals surface area (Å²) in [6.45, 7) is 2.33. The summed E-state index contributed by atoms with van der Waals surface area (Å²) >= 11 is 0. The molecule has 0 unspecified atom stereocenters. The molecule has 0 spiro atoms. The lowest BCUT2D eigenvalue weighted by molar-refractivity contribution is -0.133. The molecule has 1 aliphatic rings. The number of benzene rings is 1. The van der Waals surface area contributed by atoms with Gasteiger partial charge in [-0.15, -0.1) is 0 Å². The van der Waals surface area contributed by atoms with Crippen molar-refractivity contribution in [3.8, 4) is 0 Å². The minimum Gasteiger partial charge on any atom is -0.343 e. The number of rotatable bonds is 8. The van der Waals surface area contributed by atoms with E-state index in [1.807, 2.05) is 49.1 Å². The summed E-state index contributed by atoms with van der Waals surface area (Å²) in [6, 6.07) is 10.2. The molecular weight excluding hydrogens is 302 g/mol. The quantitative estimate of drug-likeness (QED) is 0.733. The van der Waals surface area contributed by atoms with E-state index in [2.05, 4.69) is 17.0 Å². The molecule has 0 N–H and O–H groups in total. The fraction of sp³-hybridized carbons (Fsp3) is 0.579. The van der Waals surface area contributed by atoms with Crippen molar-refractivity contribution in [1.82, 2.24) is 14.7 Å². The first kappa shape index (κ1) is 18.5. The third-order valence-electron chi connectivity index (χ3n) is 4.57. The fourth-order valence-electron chi connectivity index (χ4n) is 3.18. The van der Waals surface area contributed by atoms with Gasteiger partial charge in [0.2, 0.25) is 11.8 Å². The van der Waals surface area contributed by atoms with Crippen LogP contribution in [0, 0.1) is 0 Å². The molecule has 1 aliphatic heterocycles. The van der Waals surface area contributed by atoms with Crippen molar-refractivity contribution in [2.45, 2.75) is 31.7 Å². The number of carbonyl (C=O) groups excluding carboxylic acids is 2. The van der Waals surface area contributed by atoms with E-state index in [1.54, 1.807) is 0 Å². The van der Waals surface area contributed by atoms with Gasteiger partial charge in [0.15, 0.2) is 0 Å². The van der Waals surface area contributed by atoms with Crippen LogP contribution in [0.3, 0.4) is 0 Å². The normalized spacial score (nSPS) is 15.8. The van der Waals surface area contributed by atoms with Gasteiger partial charge in [0.1, 0.15) is 0 Å². The van der Waals surface area contributed by atoms with Crippen molar-refractivity contribution in [3.63, 3.8) is 0 Å². The van der Waals surface area contributed by atoms with Crippen LogP contribution in [-0.2, 0) is 9.59 Å². The Morgan fingerprint density at radius 2 is 1.92 bits per heavy atom. The van der Waals surface area contributed by atoms with Crippen LogP contribution in [0.4, 0.5) is 0 Å². The van der Waals surface area contributed by atoms with Gasteiger partial charge in [0.05, 0.1) is 6.04 Å². The highest BCUT2D eigenvalue weighted by atomic mass is 16.2. The number of nitrogens with zero attached hydrogens (tertiary/aromatic N) is 3. The van der Waals surface area contributed by atoms with Crippen molar-refractivity contribution in [1.29, 1.82) is 0 Å². The molecule has 1 aromatic carbocycles. The Labute approximate surface area is 145 Å². The van der Waals surface area contributed by atoms with Crippen LogP contribution in [0.25, 0.3) is 0 Å². The molecule has 5 nitrogen and oxygen atoms in total. The summed E-state index contributed by atoms with van der Waals surface area (Å²) < 4.78 is 0. The van der Waals surface area contributed by atoms with Crippen LogP contribution in [-0.4, -0.2) is 67.3 Å². The van der Waals surface area contributed by atoms with Gasteiger partial charge in [0, 0.05) is 39.5 Å². The van der Waals surface area contributed by atoms with E-state index in [0.29, 0.717) is 19.4 Å². The lowest BCUT2D eigenvalue weighted by Crippen LogP contribution is -2.37. The minimum atomic E-state index is 0.0436. The largest absolute Gasteiger partial charge is 0.343 e. The second kappa shape index (κ2) is 8.83. The van der Waals surface area contributed by atoms with Crippen LogP contribution in [0.15, 0.2) is 30.3 Å². The molecule has 1 aromatic rings. The number of likely N-dealkylation sites (N-methyl/N-ethyl adjacent to an activating group) is 2. The monoisotopic (exact) mass is 331 g/mol. The molecule has 0 radical (unpaired) electrons. The van der Waals surface area contributed by atoms with E-state index in [4.69, 9.17) is 0 Å². The summed E-state index contributed by atoms with van der Waals surface area (Å²) in [5.74, 6) is 0.364. The lowest BCUT2D eigenvalue weighted by atomic mass is 10.0. The van der Waals surface area contributed by atoms with Gasteiger partial charge in [-0.25, -0.2) is 0 Å². The SMILES string of the molecule is CN(C)C[C@@H](c1ccccc1)N(C)C(=O)CCCN1CCCC1=O. The molecule has 2 amide bonds. The fourth-order valence-corrected chi connectivity index (χ4v) is 3.18. The zero-order valence-corrected chi connectivity index (χ0v) is 15.1. The van der Waals surface area contributed by atoms with Crippen molar-refractivity contribution in [2.24, 2.45) is 0 Å². The van der Waals surface area contributed by atoms with Crippen LogP contribution in [0.2, 0.25) is 0 Å². The highest BCUT2D eigenvalue weighted by molar-refractivity contribution is 5.78. The molecule has 1 saturated heterocycles. The molecule has 24 heavy (non-hydrogen) atoms. The highest BCUT2D eigenvalue weighted by Crippen LogP contribution is 2.21. The maximum atomic E-state index is 12.6. The summed E-state index contributed by atoms with van der Waals surface area (Å²) in [7, 11) is 5.92. The predicted molar refractivity (Wildman–Crippen MR) is 95.6 cm³/mol. The maximum absolute atomic E-state index is 12.6. The van der Waals surface area contributed by atoms with E-state index in [-0.39, 0.29) is 17.9 Å². The minimum absolute atomic E-state index is 0.0436. The molecule has 0 bridgehead atoms. The Bertz CT molecular complexity index is 545. The van der Waals surface area contributed by atoms with E-state index in [0.717, 1.165) is 31.5 Å². The van der Waals surface area contributed by atoms with Crippen molar-refractivity contribution >= 4 is 11.8 Å². The molecule has 0 aromatic heterocycles. The van der Waals surface area contributed by atoms with Gasteiger partial charge in [-0.3, -0.25) is 9.59 Å². The van der Waals surface area contributed by atoms with Gasteiger partial charge in [-0.05, 0) is 32.5 Å². The number of carbonyl (C=O) groups is 2. The zero-order chi connectivity index (χ0) is 17.5. The molecule has 5 heteroatoms. The highest BCUT2D eigenvalue weighted by Gasteiger charge is 2.23. The maximum Gasteiger partial charge on any atom is 0.222 e. The second-order valence-corrected chi connectivity index (χ2v) is 6.78. The Morgan fingerprint density at radius 3 is 2.50 bits per heavy atom. The van der Waals surface area contributed by atoms with Gasteiger partial charge < -0.3 is 14.7 Å². The van der Waals surface area contributed by atoms with Gasteiger partial charge in [-0.2, -0.15) is 0 Å². The average Bonchev–Trinajstić information content (AvgIpc) is 2.97. The number of hydrogen-bond acceptors (Lipinski definition) is 3. The predicted octanol–water partition coefficient (Wildman–Crippen LogP) is 2.15. The first-order chi connectivity index (χ1) is 11.5. The van der Waals surface area contributed by atoms with Crippen molar-refractivity contribution in [3.05, 3.63) is 35.9 Å². The van der Waals surface area contributed by atoms with Crippen molar-refractivity contribution < 1.29 is 9.59 Å². The Morgan fingerprint density at radius 1 is 1.21 bits per heavy atom. The van der Waals surface area contributed by atoms with E-state index in [9.17, 15) is 9.59 Å². The van der Waals surface area contributed by atoms with Gasteiger partial charge >= 0.3 is 0 Å². The van der Waals surface area contributed by atoms with Crippen molar-refractivity contribution in [2.75, 3.05) is 40.8 Å². The number of likely N-dealkylation sites (tertiary alicyclic amines) is 1. The third-order valence-corrected chi connectivity index (χ3v) is 4.57. The molecule has 1 heterocycles. The topological polar surface area (TPSA) is 43.9 Å². The lowest BCUT2D eigenvalue weighted by Gasteiger charge is -2.31. The Hall–Kier alpha value is -1.88. The average molecular weight is 331 g/mol. The first-order valence-electron chi connectivity index (χ1n) is 8.72. The Balaban J connectivity index is 1.91.